The highest BCUT2D eigenvalue weighted by atomic mass is 19.4. The molecular formula is C25H25F3N2O. The first-order valence-electron chi connectivity index (χ1n) is 10.3. The highest BCUT2D eigenvalue weighted by Gasteiger charge is 2.30. The zero-order chi connectivity index (χ0) is 21.8. The van der Waals surface area contributed by atoms with Gasteiger partial charge in [-0.15, -0.1) is 0 Å². The van der Waals surface area contributed by atoms with Crippen molar-refractivity contribution < 1.29 is 17.9 Å². The molecule has 0 radical (unpaired) electrons. The minimum atomic E-state index is -4.31. The topological polar surface area (TPSA) is 15.7 Å². The summed E-state index contributed by atoms with van der Waals surface area (Å²) in [4.78, 5) is 4.74. The van der Waals surface area contributed by atoms with Gasteiger partial charge < -0.3 is 9.64 Å². The molecule has 1 aliphatic rings. The zero-order valence-electron chi connectivity index (χ0n) is 17.4. The fraction of sp³-hybridized carbons (Fsp3) is 0.280. The van der Waals surface area contributed by atoms with Crippen LogP contribution in [0.1, 0.15) is 11.1 Å². The number of piperazine rings is 1. The molecule has 31 heavy (non-hydrogen) atoms. The van der Waals surface area contributed by atoms with Gasteiger partial charge in [-0.25, -0.2) is 0 Å². The van der Waals surface area contributed by atoms with Crippen LogP contribution in [0, 0.1) is 0 Å². The Kier molecular flexibility index (Phi) is 6.18. The van der Waals surface area contributed by atoms with Crippen molar-refractivity contribution >= 4 is 5.69 Å². The van der Waals surface area contributed by atoms with Crippen LogP contribution < -0.4 is 9.64 Å². The normalized spacial score (nSPS) is 15.2. The van der Waals surface area contributed by atoms with Gasteiger partial charge in [0, 0.05) is 32.7 Å². The fourth-order valence-electron chi connectivity index (χ4n) is 4.00. The largest absolute Gasteiger partial charge is 0.495 e. The summed E-state index contributed by atoms with van der Waals surface area (Å²) in [5.41, 5.74) is 3.37. The number of alkyl halides is 3. The molecule has 1 fully saturated rings. The Hall–Kier alpha value is -2.99. The first kappa shape index (κ1) is 21.2. The summed E-state index contributed by atoms with van der Waals surface area (Å²) < 4.78 is 43.9. The van der Waals surface area contributed by atoms with Crippen molar-refractivity contribution in [1.82, 2.24) is 4.90 Å². The van der Waals surface area contributed by atoms with Crippen LogP contribution in [0.15, 0.2) is 72.8 Å². The van der Waals surface area contributed by atoms with Gasteiger partial charge in [-0.1, -0.05) is 42.5 Å². The van der Waals surface area contributed by atoms with Gasteiger partial charge in [-0.05, 0) is 47.0 Å². The minimum absolute atomic E-state index is 0.625. The molecule has 4 rings (SSSR count). The summed E-state index contributed by atoms with van der Waals surface area (Å²) in [5, 5.41) is 0. The van der Waals surface area contributed by atoms with E-state index in [-0.39, 0.29) is 0 Å². The molecule has 1 aliphatic heterocycles. The Morgan fingerprint density at radius 2 is 1.52 bits per heavy atom. The molecule has 0 atom stereocenters. The molecule has 162 valence electrons. The molecule has 0 aromatic heterocycles. The summed E-state index contributed by atoms with van der Waals surface area (Å²) in [6.45, 7) is 4.51. The summed E-state index contributed by atoms with van der Waals surface area (Å²) in [5.74, 6) is 0.889. The summed E-state index contributed by atoms with van der Waals surface area (Å²) >= 11 is 0. The molecule has 0 bridgehead atoms. The van der Waals surface area contributed by atoms with Crippen molar-refractivity contribution in [2.24, 2.45) is 0 Å². The molecule has 0 amide bonds. The van der Waals surface area contributed by atoms with Gasteiger partial charge in [0.25, 0.3) is 0 Å². The van der Waals surface area contributed by atoms with Gasteiger partial charge in [0.1, 0.15) is 5.75 Å². The SMILES string of the molecule is COc1ccccc1N1CCN(Cc2cccc(-c3ccc(C(F)(F)F)cc3)c2)CC1. The van der Waals surface area contributed by atoms with E-state index in [1.165, 1.54) is 12.1 Å². The van der Waals surface area contributed by atoms with Gasteiger partial charge in [0.2, 0.25) is 0 Å². The van der Waals surface area contributed by atoms with Crippen molar-refractivity contribution in [2.75, 3.05) is 38.2 Å². The third-order valence-corrected chi connectivity index (χ3v) is 5.68. The number of hydrogen-bond acceptors (Lipinski definition) is 3. The lowest BCUT2D eigenvalue weighted by atomic mass is 10.0. The second-order valence-electron chi connectivity index (χ2n) is 7.71. The zero-order valence-corrected chi connectivity index (χ0v) is 17.4. The lowest BCUT2D eigenvalue weighted by Gasteiger charge is -2.36. The molecule has 0 aliphatic carbocycles. The lowest BCUT2D eigenvalue weighted by Crippen LogP contribution is -2.46. The molecule has 1 heterocycles. The van der Waals surface area contributed by atoms with Gasteiger partial charge >= 0.3 is 6.18 Å². The van der Waals surface area contributed by atoms with E-state index in [1.54, 1.807) is 7.11 Å². The van der Waals surface area contributed by atoms with E-state index < -0.39 is 11.7 Å². The van der Waals surface area contributed by atoms with Gasteiger partial charge in [-0.3, -0.25) is 4.90 Å². The van der Waals surface area contributed by atoms with Crippen LogP contribution in [-0.4, -0.2) is 38.2 Å². The molecule has 0 unspecified atom stereocenters. The van der Waals surface area contributed by atoms with E-state index in [1.807, 2.05) is 30.3 Å². The molecular weight excluding hydrogens is 401 g/mol. The number of benzene rings is 3. The Bertz CT molecular complexity index is 1010. The van der Waals surface area contributed by atoms with Crippen LogP contribution >= 0.6 is 0 Å². The minimum Gasteiger partial charge on any atom is -0.495 e. The van der Waals surface area contributed by atoms with Gasteiger partial charge in [0.05, 0.1) is 18.4 Å². The maximum atomic E-state index is 12.8. The first-order valence-corrected chi connectivity index (χ1v) is 10.3. The molecule has 0 spiro atoms. The molecule has 0 N–H and O–H groups in total. The predicted octanol–water partition coefficient (Wildman–Crippen LogP) is 5.70. The van der Waals surface area contributed by atoms with Crippen molar-refractivity contribution in [3.8, 4) is 16.9 Å². The maximum absolute atomic E-state index is 12.8. The van der Waals surface area contributed by atoms with E-state index in [0.717, 1.165) is 73.0 Å². The Balaban J connectivity index is 1.40. The van der Waals surface area contributed by atoms with Crippen molar-refractivity contribution in [3.05, 3.63) is 83.9 Å². The second kappa shape index (κ2) is 9.02. The maximum Gasteiger partial charge on any atom is 0.416 e. The number of ether oxygens (including phenoxy) is 1. The standard InChI is InChI=1S/C25H25F3N2O/c1-31-24-8-3-2-7-23(24)30-15-13-29(14-16-30)18-19-5-4-6-21(17-19)20-9-11-22(12-10-20)25(26,27)28/h2-12,17H,13-16,18H2,1H3. The quantitative estimate of drug-likeness (QED) is 0.520. The third-order valence-electron chi connectivity index (χ3n) is 5.68. The van der Waals surface area contributed by atoms with E-state index in [2.05, 4.69) is 28.0 Å². The Morgan fingerprint density at radius 3 is 2.19 bits per heavy atom. The molecule has 0 saturated carbocycles. The van der Waals surface area contributed by atoms with Crippen LogP contribution in [0.25, 0.3) is 11.1 Å². The number of hydrogen-bond donors (Lipinski definition) is 0. The van der Waals surface area contributed by atoms with Crippen molar-refractivity contribution in [3.63, 3.8) is 0 Å². The smallest absolute Gasteiger partial charge is 0.416 e. The van der Waals surface area contributed by atoms with E-state index >= 15 is 0 Å². The number of nitrogens with zero attached hydrogens (tertiary/aromatic N) is 2. The Labute approximate surface area is 180 Å². The number of halogens is 3. The van der Waals surface area contributed by atoms with Crippen molar-refractivity contribution in [1.29, 1.82) is 0 Å². The third kappa shape index (κ3) is 5.02. The summed E-state index contributed by atoms with van der Waals surface area (Å²) in [6.07, 6.45) is -4.31. The number of rotatable bonds is 5. The molecule has 6 heteroatoms. The second-order valence-corrected chi connectivity index (χ2v) is 7.71. The molecule has 1 saturated heterocycles. The number of para-hydroxylation sites is 2. The fourth-order valence-corrected chi connectivity index (χ4v) is 4.00. The van der Waals surface area contributed by atoms with Crippen LogP contribution in [0.3, 0.4) is 0 Å². The van der Waals surface area contributed by atoms with E-state index in [0.29, 0.717) is 0 Å². The van der Waals surface area contributed by atoms with Crippen LogP contribution in [0.2, 0.25) is 0 Å². The van der Waals surface area contributed by atoms with Crippen LogP contribution in [0.4, 0.5) is 18.9 Å². The average molecular weight is 426 g/mol. The first-order chi connectivity index (χ1) is 14.9. The lowest BCUT2D eigenvalue weighted by molar-refractivity contribution is -0.137. The van der Waals surface area contributed by atoms with Crippen LogP contribution in [-0.2, 0) is 12.7 Å². The van der Waals surface area contributed by atoms with Gasteiger partial charge in [-0.2, -0.15) is 13.2 Å². The summed E-state index contributed by atoms with van der Waals surface area (Å²) in [6, 6.07) is 21.4. The van der Waals surface area contributed by atoms with Gasteiger partial charge in [0.15, 0.2) is 0 Å². The van der Waals surface area contributed by atoms with E-state index in [4.69, 9.17) is 4.74 Å². The average Bonchev–Trinajstić information content (AvgIpc) is 2.79. The molecule has 3 aromatic carbocycles. The monoisotopic (exact) mass is 426 g/mol. The number of methoxy groups -OCH3 is 1. The highest BCUT2D eigenvalue weighted by molar-refractivity contribution is 5.64. The summed E-state index contributed by atoms with van der Waals surface area (Å²) in [7, 11) is 1.69. The Morgan fingerprint density at radius 1 is 0.806 bits per heavy atom. The van der Waals surface area contributed by atoms with Crippen molar-refractivity contribution in [2.45, 2.75) is 12.7 Å². The highest BCUT2D eigenvalue weighted by Crippen LogP contribution is 2.31. The van der Waals surface area contributed by atoms with Crippen LogP contribution in [0.5, 0.6) is 5.75 Å². The molecule has 3 aromatic rings. The molecule has 3 nitrogen and oxygen atoms in total. The number of anilines is 1. The van der Waals surface area contributed by atoms with E-state index in [9.17, 15) is 13.2 Å². The predicted molar refractivity (Wildman–Crippen MR) is 117 cm³/mol.